The van der Waals surface area contributed by atoms with Crippen LogP contribution < -0.4 is 5.56 Å². The zero-order chi connectivity index (χ0) is 19.1. The standard InChI is InChI=1S/C18H15Cl2N3O3S/c19-13-9-12(23(25)26)10-14(20)18(13)21-6-3-16-15(21)1-2-17(24)22(16)11-4-7-27-8-5-11/h1-3,6,9-11H,4-5,7-8H2. The number of aromatic nitrogens is 2. The van der Waals surface area contributed by atoms with Crippen molar-refractivity contribution in [2.75, 3.05) is 11.5 Å². The van der Waals surface area contributed by atoms with Crippen molar-refractivity contribution in [2.45, 2.75) is 18.9 Å². The topological polar surface area (TPSA) is 70.1 Å². The number of nitro groups is 1. The van der Waals surface area contributed by atoms with Crippen molar-refractivity contribution >= 4 is 51.7 Å². The molecule has 1 fully saturated rings. The van der Waals surface area contributed by atoms with Crippen LogP contribution in [0.4, 0.5) is 5.69 Å². The predicted octanol–water partition coefficient (Wildman–Crippen LogP) is 5.08. The molecule has 0 bridgehead atoms. The van der Waals surface area contributed by atoms with E-state index in [1.807, 2.05) is 22.4 Å². The van der Waals surface area contributed by atoms with Gasteiger partial charge in [0.05, 0.1) is 31.7 Å². The number of fused-ring (bicyclic) bond motifs is 1. The van der Waals surface area contributed by atoms with Gasteiger partial charge in [-0.25, -0.2) is 0 Å². The molecule has 0 amide bonds. The molecule has 27 heavy (non-hydrogen) atoms. The third kappa shape index (κ3) is 3.24. The van der Waals surface area contributed by atoms with Crippen LogP contribution in [0, 0.1) is 10.1 Å². The van der Waals surface area contributed by atoms with E-state index in [9.17, 15) is 14.9 Å². The average Bonchev–Trinajstić information content (AvgIpc) is 3.05. The Morgan fingerprint density at radius 3 is 2.37 bits per heavy atom. The molecule has 1 aliphatic heterocycles. The summed E-state index contributed by atoms with van der Waals surface area (Å²) in [5.74, 6) is 2.07. The maximum absolute atomic E-state index is 12.6. The van der Waals surface area contributed by atoms with Gasteiger partial charge in [0.25, 0.3) is 11.2 Å². The predicted molar refractivity (Wildman–Crippen MR) is 110 cm³/mol. The van der Waals surface area contributed by atoms with E-state index in [-0.39, 0.29) is 27.3 Å². The summed E-state index contributed by atoms with van der Waals surface area (Å²) >= 11 is 14.5. The van der Waals surface area contributed by atoms with Crippen LogP contribution in [0.1, 0.15) is 18.9 Å². The lowest BCUT2D eigenvalue weighted by molar-refractivity contribution is -0.384. The SMILES string of the molecule is O=c1ccc2c(ccn2-c2c(Cl)cc([N+](=O)[O-])cc2Cl)n1C1CCSCC1. The van der Waals surface area contributed by atoms with Gasteiger partial charge in [-0.1, -0.05) is 23.2 Å². The van der Waals surface area contributed by atoms with E-state index in [0.29, 0.717) is 5.69 Å². The van der Waals surface area contributed by atoms with Gasteiger partial charge >= 0.3 is 0 Å². The Balaban J connectivity index is 1.90. The van der Waals surface area contributed by atoms with E-state index >= 15 is 0 Å². The summed E-state index contributed by atoms with van der Waals surface area (Å²) in [5, 5.41) is 11.4. The molecule has 2 aromatic heterocycles. The second kappa shape index (κ2) is 7.22. The van der Waals surface area contributed by atoms with Crippen LogP contribution in [0.15, 0.2) is 41.3 Å². The van der Waals surface area contributed by atoms with Crippen LogP contribution in [-0.4, -0.2) is 25.6 Å². The molecule has 0 atom stereocenters. The van der Waals surface area contributed by atoms with Gasteiger partial charge < -0.3 is 9.13 Å². The van der Waals surface area contributed by atoms with Gasteiger partial charge in [-0.05, 0) is 36.5 Å². The van der Waals surface area contributed by atoms with Gasteiger partial charge in [0.15, 0.2) is 0 Å². The normalized spacial score (nSPS) is 15.3. The van der Waals surface area contributed by atoms with Crippen molar-refractivity contribution < 1.29 is 4.92 Å². The largest absolute Gasteiger partial charge is 0.312 e. The van der Waals surface area contributed by atoms with Crippen LogP contribution in [0.3, 0.4) is 0 Å². The molecule has 1 aliphatic rings. The fourth-order valence-corrected chi connectivity index (χ4v) is 5.29. The van der Waals surface area contributed by atoms with Gasteiger partial charge in [-0.2, -0.15) is 11.8 Å². The van der Waals surface area contributed by atoms with Crippen LogP contribution in [-0.2, 0) is 0 Å². The molecule has 3 aromatic rings. The second-order valence-corrected chi connectivity index (χ2v) is 8.40. The summed E-state index contributed by atoms with van der Waals surface area (Å²) in [7, 11) is 0. The molecule has 9 heteroatoms. The average molecular weight is 424 g/mol. The second-order valence-electron chi connectivity index (χ2n) is 6.36. The zero-order valence-corrected chi connectivity index (χ0v) is 16.4. The number of halogens is 2. The van der Waals surface area contributed by atoms with E-state index in [1.165, 1.54) is 12.1 Å². The van der Waals surface area contributed by atoms with E-state index in [1.54, 1.807) is 22.9 Å². The minimum absolute atomic E-state index is 0.0296. The molecule has 0 radical (unpaired) electrons. The highest BCUT2D eigenvalue weighted by atomic mass is 35.5. The molecule has 1 saturated heterocycles. The summed E-state index contributed by atoms with van der Waals surface area (Å²) in [6.45, 7) is 0. The lowest BCUT2D eigenvalue weighted by Crippen LogP contribution is -2.26. The molecule has 0 spiro atoms. The van der Waals surface area contributed by atoms with Gasteiger partial charge in [-0.15, -0.1) is 0 Å². The quantitative estimate of drug-likeness (QED) is 0.435. The van der Waals surface area contributed by atoms with Gasteiger partial charge in [0.2, 0.25) is 0 Å². The minimum Gasteiger partial charge on any atom is -0.312 e. The van der Waals surface area contributed by atoms with Crippen molar-refractivity contribution in [1.29, 1.82) is 0 Å². The number of non-ortho nitro benzene ring substituents is 1. The Hall–Kier alpha value is -1.96. The highest BCUT2D eigenvalue weighted by Crippen LogP contribution is 2.36. The van der Waals surface area contributed by atoms with Crippen molar-refractivity contribution in [3.05, 3.63) is 67.0 Å². The first kappa shape index (κ1) is 18.4. The third-order valence-electron chi connectivity index (χ3n) is 4.79. The summed E-state index contributed by atoms with van der Waals surface area (Å²) in [5.41, 5.74) is 1.86. The lowest BCUT2D eigenvalue weighted by atomic mass is 10.1. The molecule has 3 heterocycles. The Bertz CT molecular complexity index is 1080. The van der Waals surface area contributed by atoms with Crippen LogP contribution in [0.25, 0.3) is 16.7 Å². The van der Waals surface area contributed by atoms with Crippen molar-refractivity contribution in [2.24, 2.45) is 0 Å². The number of hydrogen-bond acceptors (Lipinski definition) is 4. The number of hydrogen-bond donors (Lipinski definition) is 0. The number of rotatable bonds is 3. The maximum atomic E-state index is 12.6. The maximum Gasteiger partial charge on any atom is 0.272 e. The van der Waals surface area contributed by atoms with Crippen LogP contribution >= 0.6 is 35.0 Å². The Kier molecular flexibility index (Phi) is 4.92. The zero-order valence-electron chi connectivity index (χ0n) is 14.1. The number of nitrogens with zero attached hydrogens (tertiary/aromatic N) is 3. The van der Waals surface area contributed by atoms with Crippen molar-refractivity contribution in [3.63, 3.8) is 0 Å². The molecule has 0 saturated carbocycles. The molecule has 6 nitrogen and oxygen atoms in total. The first-order valence-electron chi connectivity index (χ1n) is 8.41. The van der Waals surface area contributed by atoms with Crippen LogP contribution in [0.2, 0.25) is 10.0 Å². The molecule has 1 aromatic carbocycles. The Labute approximate surface area is 168 Å². The molecule has 4 rings (SSSR count). The number of pyridine rings is 1. The first-order chi connectivity index (χ1) is 13.0. The molecule has 140 valence electrons. The number of thioether (sulfide) groups is 1. The Morgan fingerprint density at radius 2 is 1.74 bits per heavy atom. The summed E-state index contributed by atoms with van der Waals surface area (Å²) in [6, 6.07) is 7.88. The molecule has 0 unspecified atom stereocenters. The summed E-state index contributed by atoms with van der Waals surface area (Å²) in [4.78, 5) is 23.0. The van der Waals surface area contributed by atoms with Gasteiger partial charge in [0.1, 0.15) is 0 Å². The van der Waals surface area contributed by atoms with Gasteiger partial charge in [-0.3, -0.25) is 14.9 Å². The number of nitro benzene ring substituents is 1. The van der Waals surface area contributed by atoms with E-state index in [2.05, 4.69) is 0 Å². The molecule has 0 N–H and O–H groups in total. The molecular weight excluding hydrogens is 409 g/mol. The van der Waals surface area contributed by atoms with E-state index in [0.717, 1.165) is 35.4 Å². The highest BCUT2D eigenvalue weighted by Gasteiger charge is 2.22. The number of benzene rings is 1. The summed E-state index contributed by atoms with van der Waals surface area (Å²) in [6.07, 6.45) is 3.69. The van der Waals surface area contributed by atoms with Crippen LogP contribution in [0.5, 0.6) is 0 Å². The Morgan fingerprint density at radius 1 is 1.07 bits per heavy atom. The van der Waals surface area contributed by atoms with Crippen molar-refractivity contribution in [3.8, 4) is 5.69 Å². The summed E-state index contributed by atoms with van der Waals surface area (Å²) < 4.78 is 3.62. The van der Waals surface area contributed by atoms with E-state index < -0.39 is 4.92 Å². The molecule has 0 aliphatic carbocycles. The monoisotopic (exact) mass is 423 g/mol. The highest BCUT2D eigenvalue weighted by molar-refractivity contribution is 7.99. The van der Waals surface area contributed by atoms with Crippen molar-refractivity contribution in [1.82, 2.24) is 9.13 Å². The molecular formula is C18H15Cl2N3O3S. The third-order valence-corrected chi connectivity index (χ3v) is 6.42. The smallest absolute Gasteiger partial charge is 0.272 e. The first-order valence-corrected chi connectivity index (χ1v) is 10.3. The lowest BCUT2D eigenvalue weighted by Gasteiger charge is -2.24. The van der Waals surface area contributed by atoms with E-state index in [4.69, 9.17) is 23.2 Å². The fraction of sp³-hybridized carbons (Fsp3) is 0.278. The van der Waals surface area contributed by atoms with Gasteiger partial charge in [0, 0.05) is 30.4 Å². The fourth-order valence-electron chi connectivity index (χ4n) is 3.56. The minimum atomic E-state index is -0.534.